The lowest BCUT2D eigenvalue weighted by molar-refractivity contribution is 0.509. The average molecular weight is 347 g/mol. The second-order valence-electron chi connectivity index (χ2n) is 3.89. The summed E-state index contributed by atoms with van der Waals surface area (Å²) in [4.78, 5) is 0. The van der Waals surface area contributed by atoms with E-state index in [0.29, 0.717) is 21.8 Å². The predicted molar refractivity (Wildman–Crippen MR) is 88.9 cm³/mol. The maximum atomic E-state index is 13.1. The smallest absolute Gasteiger partial charge is 0.333 e. The summed E-state index contributed by atoms with van der Waals surface area (Å²) >= 11 is 13.3. The highest BCUT2D eigenvalue weighted by molar-refractivity contribution is 8.58. The summed E-state index contributed by atoms with van der Waals surface area (Å²) in [7, 11) is 0. The highest BCUT2D eigenvalue weighted by Crippen LogP contribution is 2.58. The Bertz CT molecular complexity index is 634. The van der Waals surface area contributed by atoms with E-state index in [1.165, 1.54) is 11.4 Å². The summed E-state index contributed by atoms with van der Waals surface area (Å²) in [5.74, 6) is 1.01. The van der Waals surface area contributed by atoms with Gasteiger partial charge in [-0.1, -0.05) is 65.8 Å². The first-order valence-corrected chi connectivity index (χ1v) is 9.98. The predicted octanol–water partition coefficient (Wildman–Crippen LogP) is 5.64. The van der Waals surface area contributed by atoms with E-state index >= 15 is 0 Å². The van der Waals surface area contributed by atoms with E-state index in [9.17, 15) is 4.57 Å². The largest absolute Gasteiger partial charge is 0.431 e. The minimum absolute atomic E-state index is 0.280. The molecule has 0 heterocycles. The third-order valence-corrected chi connectivity index (χ3v) is 7.92. The molecule has 2 aromatic rings. The lowest BCUT2D eigenvalue weighted by atomic mass is 10.3. The first-order chi connectivity index (χ1) is 9.57. The van der Waals surface area contributed by atoms with Gasteiger partial charge in [0.1, 0.15) is 10.8 Å². The van der Waals surface area contributed by atoms with Crippen LogP contribution in [0.1, 0.15) is 6.92 Å². The molecule has 0 saturated heterocycles. The van der Waals surface area contributed by atoms with Gasteiger partial charge < -0.3 is 4.52 Å². The second kappa shape index (κ2) is 6.91. The molecule has 0 aliphatic heterocycles. The summed E-state index contributed by atoms with van der Waals surface area (Å²) in [5.41, 5.74) is 0. The van der Waals surface area contributed by atoms with Crippen molar-refractivity contribution in [3.05, 3.63) is 58.6 Å². The van der Waals surface area contributed by atoms with E-state index in [0.717, 1.165) is 0 Å². The van der Waals surface area contributed by atoms with Crippen molar-refractivity contribution < 1.29 is 9.09 Å². The van der Waals surface area contributed by atoms with Crippen LogP contribution in [0.4, 0.5) is 0 Å². The van der Waals surface area contributed by atoms with Crippen LogP contribution in [0.25, 0.3) is 0 Å². The van der Waals surface area contributed by atoms with E-state index in [-0.39, 0.29) is 5.02 Å². The second-order valence-corrected chi connectivity index (χ2v) is 9.43. The fraction of sp³-hybridized carbons (Fsp3) is 0.143. The Balaban J connectivity index is 2.40. The summed E-state index contributed by atoms with van der Waals surface area (Å²) in [6, 6.07) is 14.2. The van der Waals surface area contributed by atoms with E-state index in [2.05, 4.69) is 0 Å². The van der Waals surface area contributed by atoms with Crippen molar-refractivity contribution in [1.82, 2.24) is 0 Å². The molecule has 0 radical (unpaired) electrons. The Labute approximate surface area is 132 Å². The van der Waals surface area contributed by atoms with Gasteiger partial charge in [0.25, 0.3) is 0 Å². The molecule has 0 N–H and O–H groups in total. The van der Waals surface area contributed by atoms with Gasteiger partial charge in [0.15, 0.2) is 0 Å². The van der Waals surface area contributed by atoms with E-state index in [1.54, 1.807) is 30.3 Å². The molecule has 0 bridgehead atoms. The summed E-state index contributed by atoms with van der Waals surface area (Å²) < 4.78 is 18.8. The van der Waals surface area contributed by atoms with Crippen molar-refractivity contribution in [2.45, 2.75) is 6.92 Å². The molecule has 20 heavy (non-hydrogen) atoms. The fourth-order valence-corrected chi connectivity index (χ4v) is 5.83. The molecular weight excluding hydrogens is 334 g/mol. The fourth-order valence-electron chi connectivity index (χ4n) is 1.62. The van der Waals surface area contributed by atoms with Gasteiger partial charge in [0.05, 0.1) is 10.3 Å². The van der Waals surface area contributed by atoms with Crippen LogP contribution < -0.4 is 9.83 Å². The van der Waals surface area contributed by atoms with Gasteiger partial charge in [0, 0.05) is 5.75 Å². The van der Waals surface area contributed by atoms with Gasteiger partial charge in [-0.15, -0.1) is 0 Å². The normalized spacial score (nSPS) is 13.8. The Morgan fingerprint density at radius 2 is 1.80 bits per heavy atom. The molecule has 0 saturated carbocycles. The molecule has 0 spiro atoms. The average Bonchev–Trinajstić information content (AvgIpc) is 2.45. The van der Waals surface area contributed by atoms with Gasteiger partial charge in [-0.25, -0.2) is 0 Å². The van der Waals surface area contributed by atoms with Crippen molar-refractivity contribution in [3.63, 3.8) is 0 Å². The Kier molecular flexibility index (Phi) is 5.45. The zero-order valence-corrected chi connectivity index (χ0v) is 14.0. The number of hydrogen-bond acceptors (Lipinski definition) is 3. The Morgan fingerprint density at radius 3 is 2.45 bits per heavy atom. The van der Waals surface area contributed by atoms with Gasteiger partial charge in [-0.3, -0.25) is 4.57 Å². The molecule has 106 valence electrons. The van der Waals surface area contributed by atoms with Crippen molar-refractivity contribution in [1.29, 1.82) is 0 Å². The van der Waals surface area contributed by atoms with Crippen LogP contribution in [0.3, 0.4) is 0 Å². The van der Waals surface area contributed by atoms with Gasteiger partial charge in [-0.05, 0) is 24.3 Å². The van der Waals surface area contributed by atoms with E-state index in [4.69, 9.17) is 27.7 Å². The van der Waals surface area contributed by atoms with Crippen LogP contribution in [0.5, 0.6) is 5.75 Å². The molecule has 0 aliphatic carbocycles. The minimum atomic E-state index is -3.07. The number of halogens is 2. The summed E-state index contributed by atoms with van der Waals surface area (Å²) in [6.45, 7) is -1.13. The molecule has 2 aromatic carbocycles. The molecule has 2 rings (SSSR count). The van der Waals surface area contributed by atoms with E-state index < -0.39 is 6.57 Å². The zero-order valence-electron chi connectivity index (χ0n) is 10.8. The standard InChI is InChI=1S/C14H13Cl2O2PS/c1-2-20-19(17,11-7-4-3-5-8-11)18-13-10-6-9-12(15)14(13)16/h3-10H,2H2,1H3. The topological polar surface area (TPSA) is 26.3 Å². The maximum Gasteiger partial charge on any atom is 0.333 e. The van der Waals surface area contributed by atoms with Crippen LogP contribution in [-0.2, 0) is 4.57 Å². The lowest BCUT2D eigenvalue weighted by Gasteiger charge is -2.19. The first kappa shape index (κ1) is 15.8. The van der Waals surface area contributed by atoms with Gasteiger partial charge in [-0.2, -0.15) is 0 Å². The van der Waals surface area contributed by atoms with Crippen LogP contribution in [0.2, 0.25) is 10.0 Å². The highest BCUT2D eigenvalue weighted by atomic mass is 35.5. The molecular formula is C14H13Cl2O2PS. The molecule has 1 atom stereocenters. The highest BCUT2D eigenvalue weighted by Gasteiger charge is 2.28. The Morgan fingerprint density at radius 1 is 1.10 bits per heavy atom. The molecule has 2 nitrogen and oxygen atoms in total. The minimum Gasteiger partial charge on any atom is -0.431 e. The van der Waals surface area contributed by atoms with Crippen molar-refractivity contribution in [3.8, 4) is 5.75 Å². The van der Waals surface area contributed by atoms with Crippen LogP contribution >= 0.6 is 41.2 Å². The van der Waals surface area contributed by atoms with Crippen molar-refractivity contribution >= 4 is 46.5 Å². The molecule has 6 heteroatoms. The van der Waals surface area contributed by atoms with E-state index in [1.807, 2.05) is 25.1 Å². The van der Waals surface area contributed by atoms with Gasteiger partial charge >= 0.3 is 6.57 Å². The molecule has 0 aromatic heterocycles. The van der Waals surface area contributed by atoms with Crippen LogP contribution in [0, 0.1) is 0 Å². The van der Waals surface area contributed by atoms with Crippen molar-refractivity contribution in [2.24, 2.45) is 0 Å². The van der Waals surface area contributed by atoms with Gasteiger partial charge in [0.2, 0.25) is 0 Å². The number of hydrogen-bond donors (Lipinski definition) is 0. The number of rotatable bonds is 5. The summed E-state index contributed by atoms with van der Waals surface area (Å²) in [5, 5.41) is 1.31. The SMILES string of the molecule is CCSP(=O)(Oc1cccc(Cl)c1Cl)c1ccccc1. The zero-order chi connectivity index (χ0) is 14.6. The van der Waals surface area contributed by atoms with Crippen LogP contribution in [-0.4, -0.2) is 5.75 Å². The molecule has 0 amide bonds. The molecule has 0 fully saturated rings. The van der Waals surface area contributed by atoms with Crippen LogP contribution in [0.15, 0.2) is 48.5 Å². The summed E-state index contributed by atoms with van der Waals surface area (Å²) in [6.07, 6.45) is 0. The third-order valence-electron chi connectivity index (χ3n) is 2.51. The quantitative estimate of drug-likeness (QED) is 0.655. The molecule has 0 aliphatic rings. The number of benzene rings is 2. The third kappa shape index (κ3) is 3.53. The maximum absolute atomic E-state index is 13.1. The Hall–Kier alpha value is -0.600. The molecule has 1 unspecified atom stereocenters. The monoisotopic (exact) mass is 346 g/mol. The first-order valence-electron chi connectivity index (χ1n) is 6.00. The lowest BCUT2D eigenvalue weighted by Crippen LogP contribution is -2.07. The van der Waals surface area contributed by atoms with Crippen molar-refractivity contribution in [2.75, 3.05) is 5.75 Å².